The zero-order valence-electron chi connectivity index (χ0n) is 22.5. The Morgan fingerprint density at radius 1 is 1.16 bits per heavy atom. The number of hydrogen-bond acceptors (Lipinski definition) is 6. The normalized spacial score (nSPS) is 11.7. The first-order chi connectivity index (χ1) is 17.8. The molecule has 0 radical (unpaired) electrons. The maximum absolute atomic E-state index is 13.0. The number of hydrogen-bond donors (Lipinski definition) is 2. The summed E-state index contributed by atoms with van der Waals surface area (Å²) in [5, 5.41) is 7.15. The van der Waals surface area contributed by atoms with Crippen LogP contribution in [0.25, 0.3) is 11.0 Å². The molecule has 0 bridgehead atoms. The predicted molar refractivity (Wildman–Crippen MR) is 148 cm³/mol. The molecule has 0 saturated carbocycles. The van der Waals surface area contributed by atoms with E-state index in [1.807, 2.05) is 36.4 Å². The number of ether oxygens (including phenoxy) is 2. The van der Waals surface area contributed by atoms with Crippen LogP contribution in [0.3, 0.4) is 0 Å². The van der Waals surface area contributed by atoms with E-state index in [2.05, 4.69) is 42.5 Å². The molecule has 2 aromatic heterocycles. The number of benzene rings is 1. The average molecular weight is 507 g/mol. The largest absolute Gasteiger partial charge is 0.464 e. The maximum Gasteiger partial charge on any atom is 0.356 e. The predicted octanol–water partition coefficient (Wildman–Crippen LogP) is 5.59. The van der Waals surface area contributed by atoms with Gasteiger partial charge in [-0.3, -0.25) is 4.79 Å². The number of nitrogens with zero attached hydrogens (tertiary/aromatic N) is 2. The van der Waals surface area contributed by atoms with E-state index in [1.54, 1.807) is 17.9 Å². The molecule has 2 heterocycles. The lowest BCUT2D eigenvalue weighted by atomic mass is 10.1. The van der Waals surface area contributed by atoms with Gasteiger partial charge in [0.2, 0.25) is 5.91 Å². The van der Waals surface area contributed by atoms with Crippen LogP contribution in [0.15, 0.2) is 54.2 Å². The van der Waals surface area contributed by atoms with Crippen LogP contribution < -0.4 is 10.6 Å². The number of aryl methyl sites for hydroxylation is 1. The van der Waals surface area contributed by atoms with E-state index in [-0.39, 0.29) is 24.1 Å². The highest BCUT2D eigenvalue weighted by atomic mass is 16.5. The summed E-state index contributed by atoms with van der Waals surface area (Å²) >= 11 is 0. The number of pyridine rings is 1. The number of carbonyl (C=O) groups is 2. The van der Waals surface area contributed by atoms with Crippen LogP contribution >= 0.6 is 0 Å². The molecule has 8 heteroatoms. The molecular formula is C29H38N4O4. The van der Waals surface area contributed by atoms with Gasteiger partial charge in [-0.15, -0.1) is 0 Å². The minimum atomic E-state index is -0.544. The number of aromatic nitrogens is 2. The summed E-state index contributed by atoms with van der Waals surface area (Å²) in [6, 6.07) is 12.0. The van der Waals surface area contributed by atoms with Crippen molar-refractivity contribution in [1.82, 2.24) is 9.55 Å². The van der Waals surface area contributed by atoms with Gasteiger partial charge in [0.15, 0.2) is 5.69 Å². The molecule has 1 amide bonds. The summed E-state index contributed by atoms with van der Waals surface area (Å²) in [4.78, 5) is 30.6. The molecular weight excluding hydrogens is 468 g/mol. The number of esters is 1. The second kappa shape index (κ2) is 13.6. The van der Waals surface area contributed by atoms with E-state index in [0.29, 0.717) is 36.3 Å². The van der Waals surface area contributed by atoms with Gasteiger partial charge in [0.25, 0.3) is 0 Å². The van der Waals surface area contributed by atoms with Crippen molar-refractivity contribution in [2.24, 2.45) is 0 Å². The van der Waals surface area contributed by atoms with E-state index >= 15 is 0 Å². The standard InChI is InChI=1S/C29H38N4O4/c1-20(2)10-9-11-21(3)31-23-18-24-26(32-25(34)15-14-22-12-7-6-8-13-22)27(29(35)37-5)33(16-17-36-4)28(24)30-19-23/h6-8,10,12-13,18-19,21,31H,9,11,14-17H2,1-5H3,(H,32,34)/t21-/m0/s1. The van der Waals surface area contributed by atoms with Crippen molar-refractivity contribution in [2.75, 3.05) is 31.5 Å². The molecule has 0 aliphatic carbocycles. The maximum atomic E-state index is 13.0. The van der Waals surface area contributed by atoms with Crippen LogP contribution in [-0.2, 0) is 27.2 Å². The second-order valence-corrected chi connectivity index (χ2v) is 9.39. The molecule has 3 rings (SSSR count). The summed E-state index contributed by atoms with van der Waals surface area (Å²) in [7, 11) is 2.93. The number of allylic oxidation sites excluding steroid dienone is 2. The van der Waals surface area contributed by atoms with Gasteiger partial charge in [-0.05, 0) is 51.7 Å². The van der Waals surface area contributed by atoms with E-state index in [1.165, 1.54) is 12.7 Å². The van der Waals surface area contributed by atoms with Crippen molar-refractivity contribution in [2.45, 2.75) is 59.0 Å². The molecule has 37 heavy (non-hydrogen) atoms. The van der Waals surface area contributed by atoms with Crippen molar-refractivity contribution in [3.63, 3.8) is 0 Å². The number of amides is 1. The lowest BCUT2D eigenvalue weighted by Crippen LogP contribution is -2.18. The van der Waals surface area contributed by atoms with Gasteiger partial charge in [0, 0.05) is 31.5 Å². The zero-order chi connectivity index (χ0) is 26.8. The number of methoxy groups -OCH3 is 2. The van der Waals surface area contributed by atoms with Gasteiger partial charge in [-0.2, -0.15) is 0 Å². The third-order valence-corrected chi connectivity index (χ3v) is 6.11. The summed E-state index contributed by atoms with van der Waals surface area (Å²) < 4.78 is 12.1. The SMILES string of the molecule is COCCn1c(C(=O)OC)c(NC(=O)CCc2ccccc2)c2cc(N[C@@H](C)CCC=C(C)C)cnc21. The number of nitrogens with one attached hydrogen (secondary N) is 2. The number of carbonyl (C=O) groups excluding carboxylic acids is 2. The van der Waals surface area contributed by atoms with Gasteiger partial charge in [0.05, 0.1) is 31.3 Å². The molecule has 2 N–H and O–H groups in total. The number of anilines is 2. The summed E-state index contributed by atoms with van der Waals surface area (Å²) in [5.41, 5.74) is 4.43. The fraction of sp³-hybridized carbons (Fsp3) is 0.414. The first kappa shape index (κ1) is 27.9. The van der Waals surface area contributed by atoms with Crippen molar-refractivity contribution >= 4 is 34.3 Å². The number of fused-ring (bicyclic) bond motifs is 1. The third kappa shape index (κ3) is 7.67. The monoisotopic (exact) mass is 506 g/mol. The van der Waals surface area contributed by atoms with Gasteiger partial charge >= 0.3 is 5.97 Å². The van der Waals surface area contributed by atoms with Crippen LogP contribution in [-0.4, -0.2) is 48.3 Å². The lowest BCUT2D eigenvalue weighted by molar-refractivity contribution is -0.116. The lowest BCUT2D eigenvalue weighted by Gasteiger charge is -2.14. The summed E-state index contributed by atoms with van der Waals surface area (Å²) in [5.74, 6) is -0.731. The van der Waals surface area contributed by atoms with Gasteiger partial charge in [-0.25, -0.2) is 9.78 Å². The Kier molecular flexibility index (Phi) is 10.3. The third-order valence-electron chi connectivity index (χ3n) is 6.11. The van der Waals surface area contributed by atoms with E-state index in [4.69, 9.17) is 9.47 Å². The van der Waals surface area contributed by atoms with Crippen LogP contribution in [0.5, 0.6) is 0 Å². The van der Waals surface area contributed by atoms with Crippen molar-refractivity contribution in [3.05, 3.63) is 65.5 Å². The highest BCUT2D eigenvalue weighted by molar-refractivity contribution is 6.11. The van der Waals surface area contributed by atoms with Crippen molar-refractivity contribution in [3.8, 4) is 0 Å². The topological polar surface area (TPSA) is 94.5 Å². The highest BCUT2D eigenvalue weighted by Gasteiger charge is 2.26. The molecule has 0 saturated heterocycles. The second-order valence-electron chi connectivity index (χ2n) is 9.39. The Labute approximate surface area is 219 Å². The molecule has 198 valence electrons. The van der Waals surface area contributed by atoms with Crippen LogP contribution in [0, 0.1) is 0 Å². The first-order valence-electron chi connectivity index (χ1n) is 12.7. The Morgan fingerprint density at radius 3 is 2.59 bits per heavy atom. The molecule has 8 nitrogen and oxygen atoms in total. The molecule has 0 aliphatic heterocycles. The Bertz CT molecular complexity index is 1230. The zero-order valence-corrected chi connectivity index (χ0v) is 22.5. The van der Waals surface area contributed by atoms with Crippen LogP contribution in [0.4, 0.5) is 11.4 Å². The number of rotatable bonds is 13. The quantitative estimate of drug-likeness (QED) is 0.232. The summed E-state index contributed by atoms with van der Waals surface area (Å²) in [6.07, 6.45) is 6.80. The average Bonchev–Trinajstić information content (AvgIpc) is 3.18. The Balaban J connectivity index is 1.94. The smallest absolute Gasteiger partial charge is 0.356 e. The van der Waals surface area contributed by atoms with Gasteiger partial charge in [-0.1, -0.05) is 42.0 Å². The van der Waals surface area contributed by atoms with E-state index in [0.717, 1.165) is 24.1 Å². The fourth-order valence-corrected chi connectivity index (χ4v) is 4.22. The van der Waals surface area contributed by atoms with Gasteiger partial charge in [0.1, 0.15) is 5.65 Å². The molecule has 0 spiro atoms. The minimum Gasteiger partial charge on any atom is -0.464 e. The van der Waals surface area contributed by atoms with Crippen LogP contribution in [0.2, 0.25) is 0 Å². The first-order valence-corrected chi connectivity index (χ1v) is 12.7. The van der Waals surface area contributed by atoms with Crippen molar-refractivity contribution in [1.29, 1.82) is 0 Å². The van der Waals surface area contributed by atoms with E-state index < -0.39 is 5.97 Å². The molecule has 0 fully saturated rings. The fourth-order valence-electron chi connectivity index (χ4n) is 4.22. The van der Waals surface area contributed by atoms with Gasteiger partial charge < -0.3 is 24.7 Å². The summed E-state index contributed by atoms with van der Waals surface area (Å²) in [6.45, 7) is 7.07. The molecule has 0 aliphatic rings. The molecule has 1 atom stereocenters. The van der Waals surface area contributed by atoms with Crippen molar-refractivity contribution < 1.29 is 19.1 Å². The van der Waals surface area contributed by atoms with Crippen LogP contribution in [0.1, 0.15) is 56.1 Å². The molecule has 0 unspecified atom stereocenters. The molecule has 3 aromatic rings. The Morgan fingerprint density at radius 2 is 1.92 bits per heavy atom. The molecule has 1 aromatic carbocycles. The highest BCUT2D eigenvalue weighted by Crippen LogP contribution is 2.33. The van der Waals surface area contributed by atoms with E-state index in [9.17, 15) is 9.59 Å². The Hall–Kier alpha value is -3.65. The minimum absolute atomic E-state index is 0.187.